The van der Waals surface area contributed by atoms with Crippen LogP contribution < -0.4 is 0 Å². The second-order valence-electron chi connectivity index (χ2n) is 18.2. The number of rotatable bonds is 4. The summed E-state index contributed by atoms with van der Waals surface area (Å²) in [5.41, 5.74) is 0.396. The first-order chi connectivity index (χ1) is 20.8. The van der Waals surface area contributed by atoms with E-state index in [1.807, 2.05) is 0 Å². The van der Waals surface area contributed by atoms with E-state index in [1.165, 1.54) is 5.57 Å². The summed E-state index contributed by atoms with van der Waals surface area (Å²) in [6.07, 6.45) is 4.19. The molecule has 0 radical (unpaired) electrons. The topological polar surface area (TPSA) is 145 Å². The normalized spacial score (nSPS) is 51.9. The van der Waals surface area contributed by atoms with E-state index in [-0.39, 0.29) is 45.2 Å². The van der Waals surface area contributed by atoms with Crippen molar-refractivity contribution in [3.8, 4) is 0 Å². The molecule has 8 heteroatoms. The monoisotopic (exact) mass is 630 g/mol. The van der Waals surface area contributed by atoms with Gasteiger partial charge in [-0.3, -0.25) is 9.59 Å². The number of aliphatic hydroxyl groups excluding tert-OH is 4. The van der Waals surface area contributed by atoms with Gasteiger partial charge in [0.2, 0.25) is 0 Å². The molecule has 0 aromatic heterocycles. The van der Waals surface area contributed by atoms with Crippen LogP contribution in [0.3, 0.4) is 0 Å². The number of ether oxygens (including phenoxy) is 1. The first kappa shape index (κ1) is 33.6. The van der Waals surface area contributed by atoms with Crippen LogP contribution in [0.2, 0.25) is 0 Å². The Morgan fingerprint density at radius 1 is 0.844 bits per heavy atom. The van der Waals surface area contributed by atoms with Crippen molar-refractivity contribution in [1.82, 2.24) is 0 Å². The third-order valence-corrected chi connectivity index (χ3v) is 15.6. The van der Waals surface area contributed by atoms with Gasteiger partial charge in [0.05, 0.1) is 12.0 Å². The van der Waals surface area contributed by atoms with E-state index < -0.39 is 53.9 Å². The van der Waals surface area contributed by atoms with Crippen LogP contribution in [-0.2, 0) is 14.3 Å². The van der Waals surface area contributed by atoms with Crippen molar-refractivity contribution in [3.63, 3.8) is 0 Å². The van der Waals surface area contributed by atoms with Gasteiger partial charge in [-0.15, -0.1) is 0 Å². The Morgan fingerprint density at radius 3 is 2.16 bits per heavy atom. The van der Waals surface area contributed by atoms with Crippen LogP contribution in [0.4, 0.5) is 0 Å². The number of hydrogen-bond donors (Lipinski definition) is 5. The first-order valence-electron chi connectivity index (χ1n) is 17.6. The number of ketones is 1. The van der Waals surface area contributed by atoms with Crippen molar-refractivity contribution in [3.05, 3.63) is 11.6 Å². The lowest BCUT2D eigenvalue weighted by atomic mass is 9.33. The van der Waals surface area contributed by atoms with E-state index in [0.29, 0.717) is 12.3 Å². The van der Waals surface area contributed by atoms with E-state index in [1.54, 1.807) is 0 Å². The third kappa shape index (κ3) is 4.47. The van der Waals surface area contributed by atoms with Crippen molar-refractivity contribution in [2.24, 2.45) is 56.2 Å². The fraction of sp³-hybridized carbons (Fsp3) is 0.892. The summed E-state index contributed by atoms with van der Waals surface area (Å²) < 4.78 is 5.75. The minimum atomic E-state index is -1.56. The summed E-state index contributed by atoms with van der Waals surface area (Å²) in [5, 5.41) is 51.8. The smallest absolute Gasteiger partial charge is 0.310 e. The molecule has 0 aromatic carbocycles. The fourth-order valence-corrected chi connectivity index (χ4v) is 12.7. The number of carbonyl (C=O) groups excluding carboxylic acids is 1. The highest BCUT2D eigenvalue weighted by Crippen LogP contribution is 2.76. The molecule has 1 aliphatic heterocycles. The number of carboxylic acid groups (broad SMARTS) is 1. The predicted octanol–water partition coefficient (Wildman–Crippen LogP) is 4.90. The third-order valence-electron chi connectivity index (χ3n) is 15.6. The lowest BCUT2D eigenvalue weighted by Gasteiger charge is -2.71. The van der Waals surface area contributed by atoms with Gasteiger partial charge in [-0.25, -0.2) is 0 Å². The van der Waals surface area contributed by atoms with Gasteiger partial charge in [0.25, 0.3) is 0 Å². The Kier molecular flexibility index (Phi) is 7.90. The summed E-state index contributed by atoms with van der Waals surface area (Å²) in [5.74, 6) is -0.523. The second-order valence-corrected chi connectivity index (χ2v) is 18.2. The zero-order chi connectivity index (χ0) is 33.1. The van der Waals surface area contributed by atoms with Crippen molar-refractivity contribution >= 4 is 11.8 Å². The van der Waals surface area contributed by atoms with Crippen LogP contribution in [0.15, 0.2) is 11.6 Å². The summed E-state index contributed by atoms with van der Waals surface area (Å²) in [6.45, 7) is 15.8. The van der Waals surface area contributed by atoms with E-state index in [0.717, 1.165) is 57.8 Å². The molecule has 6 rings (SSSR count). The van der Waals surface area contributed by atoms with Crippen molar-refractivity contribution in [2.45, 2.75) is 143 Å². The number of allylic oxidation sites excluding steroid dienone is 2. The molecule has 0 bridgehead atoms. The Hall–Kier alpha value is -1.32. The van der Waals surface area contributed by atoms with Gasteiger partial charge in [0.15, 0.2) is 5.78 Å². The largest absolute Gasteiger partial charge is 0.481 e. The molecule has 5 N–H and O–H groups in total. The Labute approximate surface area is 269 Å². The Bertz CT molecular complexity index is 1250. The van der Waals surface area contributed by atoms with Gasteiger partial charge in [0, 0.05) is 5.92 Å². The van der Waals surface area contributed by atoms with Crippen LogP contribution >= 0.6 is 0 Å². The highest BCUT2D eigenvalue weighted by atomic mass is 16.5. The zero-order valence-corrected chi connectivity index (χ0v) is 28.5. The molecule has 6 aliphatic rings. The lowest BCUT2D eigenvalue weighted by molar-refractivity contribution is -0.233. The van der Waals surface area contributed by atoms with Crippen LogP contribution in [0.25, 0.3) is 0 Å². The van der Waals surface area contributed by atoms with Crippen LogP contribution in [-0.4, -0.2) is 74.4 Å². The number of carboxylic acids is 1. The van der Waals surface area contributed by atoms with Gasteiger partial charge in [-0.2, -0.15) is 0 Å². The van der Waals surface area contributed by atoms with Crippen LogP contribution in [0.5, 0.6) is 0 Å². The van der Waals surface area contributed by atoms with Crippen molar-refractivity contribution in [2.75, 3.05) is 6.61 Å². The number of hydrogen-bond acceptors (Lipinski definition) is 7. The molecule has 4 saturated carbocycles. The fourth-order valence-electron chi connectivity index (χ4n) is 12.7. The highest BCUT2D eigenvalue weighted by molar-refractivity contribution is 5.87. The number of fused-ring (bicyclic) bond motifs is 7. The molecule has 0 amide bonds. The summed E-state index contributed by atoms with van der Waals surface area (Å²) >= 11 is 0. The lowest BCUT2D eigenvalue weighted by Crippen LogP contribution is -2.66. The van der Waals surface area contributed by atoms with Gasteiger partial charge < -0.3 is 30.3 Å². The Morgan fingerprint density at radius 2 is 1.51 bits per heavy atom. The quantitative estimate of drug-likeness (QED) is 0.276. The number of Topliss-reactive ketones (excluding diaryl/α,β-unsaturated/α-hetero) is 1. The van der Waals surface area contributed by atoms with Crippen LogP contribution in [0.1, 0.15) is 113 Å². The second kappa shape index (κ2) is 10.6. The average Bonchev–Trinajstić information content (AvgIpc) is 2.95. The molecule has 0 aromatic rings. The van der Waals surface area contributed by atoms with Crippen molar-refractivity contribution < 1.29 is 39.9 Å². The van der Waals surface area contributed by atoms with Crippen LogP contribution in [0, 0.1) is 56.2 Å². The molecule has 1 saturated heterocycles. The number of aliphatic hydroxyl groups is 4. The first-order valence-corrected chi connectivity index (χ1v) is 17.6. The minimum absolute atomic E-state index is 0.0127. The summed E-state index contributed by atoms with van der Waals surface area (Å²) in [6, 6.07) is 0. The molecule has 0 spiro atoms. The minimum Gasteiger partial charge on any atom is -0.481 e. The maximum Gasteiger partial charge on any atom is 0.310 e. The standard InChI is InChI=1S/C37H58O8/c1-32(2)14-16-37(31(43)44)17-15-35(6)20(22(37)18-32)8-9-25-34(5)12-10-21(33(3,4)24(34)11-13-36(25,35)7)26(39)30-29(42)28(41)27(40)23(19-38)45-30/h8,21-25,27-30,38,40-42H,9-19H2,1-7H3,(H,43,44)/t21-,22?,23?,24?,25?,27-,28?,29?,30-,34+,35-,36-,37+/m1/s1. The van der Waals surface area contributed by atoms with Crippen molar-refractivity contribution in [1.29, 1.82) is 0 Å². The summed E-state index contributed by atoms with van der Waals surface area (Å²) in [4.78, 5) is 27.1. The molecule has 13 atom stereocenters. The molecule has 8 nitrogen and oxygen atoms in total. The zero-order valence-electron chi connectivity index (χ0n) is 28.5. The van der Waals surface area contributed by atoms with Gasteiger partial charge >= 0.3 is 5.97 Å². The maximum atomic E-state index is 14.1. The van der Waals surface area contributed by atoms with E-state index in [4.69, 9.17) is 4.74 Å². The number of aliphatic carboxylic acids is 1. The average molecular weight is 631 g/mol. The highest BCUT2D eigenvalue weighted by Gasteiger charge is 2.70. The maximum absolute atomic E-state index is 14.1. The molecule has 6 unspecified atom stereocenters. The molecule has 5 fully saturated rings. The molecule has 45 heavy (non-hydrogen) atoms. The Balaban J connectivity index is 1.31. The van der Waals surface area contributed by atoms with Gasteiger partial charge in [0.1, 0.15) is 30.5 Å². The van der Waals surface area contributed by atoms with Gasteiger partial charge in [-0.05, 0) is 109 Å². The molecule has 254 valence electrons. The van der Waals surface area contributed by atoms with E-state index in [2.05, 4.69) is 54.5 Å². The summed E-state index contributed by atoms with van der Waals surface area (Å²) in [7, 11) is 0. The predicted molar refractivity (Wildman–Crippen MR) is 169 cm³/mol. The molecule has 5 aliphatic carbocycles. The SMILES string of the molecule is CC1(C)CC[C@]2(C(=O)O)CC[C@]3(C)C(=CCC4[C@@]5(C)CC[C@H](C(=O)[C@H]6OC(CO)[C@@H](O)C(O)C6O)C(C)(C)C5CC[C@]43C)C2C1. The molecular formula is C37H58O8. The van der Waals surface area contributed by atoms with E-state index >= 15 is 0 Å². The van der Waals surface area contributed by atoms with Gasteiger partial charge in [-0.1, -0.05) is 60.1 Å². The molecule has 1 heterocycles. The number of carbonyl (C=O) groups is 2. The molecular weight excluding hydrogens is 572 g/mol. The van der Waals surface area contributed by atoms with E-state index in [9.17, 15) is 35.1 Å².